The minimum atomic E-state index is 0. The van der Waals surface area contributed by atoms with Crippen molar-refractivity contribution in [1.29, 1.82) is 0 Å². The molecule has 0 spiro atoms. The molecule has 2 aliphatic rings. The van der Waals surface area contributed by atoms with Crippen LogP contribution in [0.3, 0.4) is 0 Å². The van der Waals surface area contributed by atoms with E-state index < -0.39 is 0 Å². The molecule has 1 heteroatoms. The SMILES string of the molecule is CC1C[CH-]CC(C)C1.CC1C[CH-]CC(C)C1.[Zn+2]. The zero-order valence-electron chi connectivity index (χ0n) is 12.4. The molecule has 0 aromatic carbocycles. The van der Waals surface area contributed by atoms with Gasteiger partial charge < -0.3 is 12.8 Å². The minimum absolute atomic E-state index is 0. The van der Waals surface area contributed by atoms with Crippen molar-refractivity contribution in [1.82, 2.24) is 0 Å². The predicted molar refractivity (Wildman–Crippen MR) is 73.0 cm³/mol. The Balaban J connectivity index is 0.000000284. The summed E-state index contributed by atoms with van der Waals surface area (Å²) in [6.45, 7) is 9.36. The Morgan fingerprint density at radius 3 is 0.941 bits per heavy atom. The summed E-state index contributed by atoms with van der Waals surface area (Å²) in [7, 11) is 0. The van der Waals surface area contributed by atoms with Gasteiger partial charge in [-0.05, 0) is 0 Å². The van der Waals surface area contributed by atoms with Crippen LogP contribution in [0.1, 0.15) is 66.2 Å². The van der Waals surface area contributed by atoms with Crippen molar-refractivity contribution in [2.24, 2.45) is 23.7 Å². The monoisotopic (exact) mass is 286 g/mol. The van der Waals surface area contributed by atoms with Gasteiger partial charge in [0, 0.05) is 0 Å². The molecule has 0 nitrogen and oxygen atoms in total. The van der Waals surface area contributed by atoms with Crippen LogP contribution in [0.5, 0.6) is 0 Å². The molecule has 0 radical (unpaired) electrons. The third kappa shape index (κ3) is 8.36. The van der Waals surface area contributed by atoms with Crippen LogP contribution in [0.15, 0.2) is 0 Å². The first-order valence-corrected chi connectivity index (χ1v) is 7.21. The van der Waals surface area contributed by atoms with Crippen LogP contribution in [0.2, 0.25) is 0 Å². The van der Waals surface area contributed by atoms with E-state index in [1.54, 1.807) is 0 Å². The van der Waals surface area contributed by atoms with E-state index in [1.807, 2.05) is 0 Å². The quantitative estimate of drug-likeness (QED) is 0.419. The zero-order chi connectivity index (χ0) is 12.0. The molecule has 96 valence electrons. The number of hydrogen-bond acceptors (Lipinski definition) is 0. The summed E-state index contributed by atoms with van der Waals surface area (Å²) in [4.78, 5) is 0. The van der Waals surface area contributed by atoms with E-state index in [9.17, 15) is 0 Å². The Labute approximate surface area is 122 Å². The van der Waals surface area contributed by atoms with Gasteiger partial charge in [0.25, 0.3) is 0 Å². The molecule has 2 aliphatic carbocycles. The van der Waals surface area contributed by atoms with Crippen molar-refractivity contribution in [2.75, 3.05) is 0 Å². The molecular weight excluding hydrogens is 258 g/mol. The molecule has 2 saturated carbocycles. The van der Waals surface area contributed by atoms with Gasteiger partial charge in [0.15, 0.2) is 0 Å². The van der Waals surface area contributed by atoms with Gasteiger partial charge >= 0.3 is 19.5 Å². The van der Waals surface area contributed by atoms with Crippen LogP contribution in [0.25, 0.3) is 0 Å². The molecule has 4 unspecified atom stereocenters. The van der Waals surface area contributed by atoms with E-state index in [1.165, 1.54) is 38.5 Å². The van der Waals surface area contributed by atoms with Crippen molar-refractivity contribution in [3.63, 3.8) is 0 Å². The molecule has 0 saturated heterocycles. The fourth-order valence-electron chi connectivity index (χ4n) is 3.09. The molecule has 0 aliphatic heterocycles. The Morgan fingerprint density at radius 2 is 0.824 bits per heavy atom. The van der Waals surface area contributed by atoms with E-state index in [0.29, 0.717) is 0 Å². The third-order valence-corrected chi connectivity index (χ3v) is 3.89. The molecule has 2 fully saturated rings. The van der Waals surface area contributed by atoms with Crippen molar-refractivity contribution < 1.29 is 19.5 Å². The van der Waals surface area contributed by atoms with Crippen LogP contribution in [-0.4, -0.2) is 0 Å². The Kier molecular flexibility index (Phi) is 9.89. The second-order valence-corrected chi connectivity index (χ2v) is 6.41. The standard InChI is InChI=1S/2C8H15.Zn/c2*1-7-4-3-5-8(2)6-7;/h2*3,7-8H,4-6H2,1-2H3;/q2*-1;+2. The second-order valence-electron chi connectivity index (χ2n) is 6.41. The maximum absolute atomic E-state index is 2.43. The summed E-state index contributed by atoms with van der Waals surface area (Å²) in [5.74, 6) is 3.83. The maximum atomic E-state index is 2.43. The normalized spacial score (nSPS) is 37.4. The van der Waals surface area contributed by atoms with Crippen molar-refractivity contribution >= 4 is 0 Å². The van der Waals surface area contributed by atoms with Gasteiger partial charge in [-0.25, -0.2) is 0 Å². The Hall–Kier alpha value is 0.623. The average Bonchev–Trinajstić information content (AvgIpc) is 2.17. The van der Waals surface area contributed by atoms with E-state index in [-0.39, 0.29) is 19.5 Å². The summed E-state index contributed by atoms with van der Waals surface area (Å²) >= 11 is 0. The van der Waals surface area contributed by atoms with E-state index in [2.05, 4.69) is 40.5 Å². The van der Waals surface area contributed by atoms with Gasteiger partial charge in [-0.15, -0.1) is 0 Å². The van der Waals surface area contributed by atoms with Crippen LogP contribution in [-0.2, 0) is 19.5 Å². The first-order valence-electron chi connectivity index (χ1n) is 7.21. The van der Waals surface area contributed by atoms with Gasteiger partial charge in [-0.1, -0.05) is 64.2 Å². The van der Waals surface area contributed by atoms with Gasteiger partial charge in [-0.2, -0.15) is 25.7 Å². The van der Waals surface area contributed by atoms with Crippen LogP contribution in [0, 0.1) is 36.5 Å². The summed E-state index contributed by atoms with van der Waals surface area (Å²) < 4.78 is 0. The van der Waals surface area contributed by atoms with Crippen molar-refractivity contribution in [3.05, 3.63) is 12.8 Å². The fraction of sp³-hybridized carbons (Fsp3) is 0.875. The molecular formula is C16H30Zn. The molecule has 17 heavy (non-hydrogen) atoms. The molecule has 0 amide bonds. The molecule has 0 bridgehead atoms. The van der Waals surface area contributed by atoms with E-state index in [0.717, 1.165) is 23.7 Å². The largest absolute Gasteiger partial charge is 2.00 e. The Morgan fingerprint density at radius 1 is 0.588 bits per heavy atom. The molecule has 0 aromatic rings. The first kappa shape index (κ1) is 17.6. The van der Waals surface area contributed by atoms with Crippen molar-refractivity contribution in [2.45, 2.75) is 66.2 Å². The predicted octanol–water partition coefficient (Wildman–Crippen LogP) is 5.29. The van der Waals surface area contributed by atoms with Gasteiger partial charge in [0.2, 0.25) is 0 Å². The fourth-order valence-corrected chi connectivity index (χ4v) is 3.09. The summed E-state index contributed by atoms with van der Waals surface area (Å²) in [5, 5.41) is 0. The van der Waals surface area contributed by atoms with Crippen molar-refractivity contribution in [3.8, 4) is 0 Å². The Bertz CT molecular complexity index is 142. The second kappa shape index (κ2) is 9.54. The number of rotatable bonds is 0. The van der Waals surface area contributed by atoms with E-state index in [4.69, 9.17) is 0 Å². The van der Waals surface area contributed by atoms with Gasteiger partial charge in [-0.3, -0.25) is 0 Å². The molecule has 2 rings (SSSR count). The maximum Gasteiger partial charge on any atom is 2.00 e. The minimum Gasteiger partial charge on any atom is -0.328 e. The first-order chi connectivity index (χ1) is 7.58. The smallest absolute Gasteiger partial charge is 0.328 e. The van der Waals surface area contributed by atoms with Crippen LogP contribution >= 0.6 is 0 Å². The third-order valence-electron chi connectivity index (χ3n) is 3.89. The molecule has 0 heterocycles. The molecule has 0 N–H and O–H groups in total. The summed E-state index contributed by atoms with van der Waals surface area (Å²) in [5.41, 5.74) is 0. The van der Waals surface area contributed by atoms with Crippen LogP contribution < -0.4 is 0 Å². The topological polar surface area (TPSA) is 0 Å². The number of hydrogen-bond donors (Lipinski definition) is 0. The van der Waals surface area contributed by atoms with Gasteiger partial charge in [0.1, 0.15) is 0 Å². The van der Waals surface area contributed by atoms with Crippen LogP contribution in [0.4, 0.5) is 0 Å². The molecule has 4 atom stereocenters. The summed E-state index contributed by atoms with van der Waals surface area (Å²) in [6, 6.07) is 0. The zero-order valence-corrected chi connectivity index (χ0v) is 15.4. The van der Waals surface area contributed by atoms with Gasteiger partial charge in [0.05, 0.1) is 0 Å². The summed E-state index contributed by atoms with van der Waals surface area (Å²) in [6.07, 6.45) is 13.1. The molecule has 0 aromatic heterocycles. The average molecular weight is 288 g/mol. The van der Waals surface area contributed by atoms with E-state index >= 15 is 0 Å².